The normalized spacial score (nSPS) is 18.2. The number of hydrogen-bond acceptors (Lipinski definition) is 5. The molecule has 0 saturated carbocycles. The van der Waals surface area contributed by atoms with Gasteiger partial charge in [-0.1, -0.05) is 19.0 Å². The largest absolute Gasteiger partial charge is 0.370 e. The van der Waals surface area contributed by atoms with Crippen molar-refractivity contribution in [3.8, 4) is 0 Å². The van der Waals surface area contributed by atoms with Gasteiger partial charge in [0.1, 0.15) is 17.4 Å². The first-order chi connectivity index (χ1) is 11.5. The Morgan fingerprint density at radius 2 is 2.17 bits per heavy atom. The summed E-state index contributed by atoms with van der Waals surface area (Å²) >= 11 is 0. The van der Waals surface area contributed by atoms with Crippen molar-refractivity contribution in [2.45, 2.75) is 39.7 Å². The highest BCUT2D eigenvalue weighted by atomic mass is 16.5. The Bertz CT molecular complexity index is 739. The van der Waals surface area contributed by atoms with Gasteiger partial charge in [0.15, 0.2) is 0 Å². The monoisotopic (exact) mass is 329 g/mol. The van der Waals surface area contributed by atoms with E-state index in [1.54, 1.807) is 13.1 Å². The fourth-order valence-corrected chi connectivity index (χ4v) is 3.00. The van der Waals surface area contributed by atoms with Crippen molar-refractivity contribution in [2.24, 2.45) is 0 Å². The third-order valence-corrected chi connectivity index (χ3v) is 4.30. The van der Waals surface area contributed by atoms with E-state index in [0.29, 0.717) is 31.0 Å². The number of hydrogen-bond donors (Lipinski definition) is 0. The van der Waals surface area contributed by atoms with E-state index in [1.165, 1.54) is 0 Å². The predicted octanol–water partition coefficient (Wildman–Crippen LogP) is 3.02. The zero-order valence-corrected chi connectivity index (χ0v) is 14.6. The van der Waals surface area contributed by atoms with Gasteiger partial charge in [-0.2, -0.15) is 0 Å². The number of aryl methyl sites for hydroxylation is 2. The van der Waals surface area contributed by atoms with Crippen LogP contribution in [0.3, 0.4) is 0 Å². The summed E-state index contributed by atoms with van der Waals surface area (Å²) in [5.74, 6) is 0.684. The number of nitrogens with zero attached hydrogens (tertiary/aromatic N) is 3. The van der Waals surface area contributed by atoms with Crippen LogP contribution in [0, 0.1) is 13.8 Å². The van der Waals surface area contributed by atoms with E-state index >= 15 is 0 Å². The van der Waals surface area contributed by atoms with Gasteiger partial charge in [0.25, 0.3) is 5.91 Å². The molecule has 0 N–H and O–H groups in total. The molecule has 1 amide bonds. The van der Waals surface area contributed by atoms with Crippen molar-refractivity contribution in [3.63, 3.8) is 0 Å². The lowest BCUT2D eigenvalue weighted by Gasteiger charge is -2.33. The Morgan fingerprint density at radius 1 is 1.38 bits per heavy atom. The van der Waals surface area contributed by atoms with Gasteiger partial charge in [-0.15, -0.1) is 0 Å². The maximum absolute atomic E-state index is 13.0. The van der Waals surface area contributed by atoms with Gasteiger partial charge < -0.3 is 14.2 Å². The Balaban J connectivity index is 1.82. The van der Waals surface area contributed by atoms with E-state index in [1.807, 2.05) is 37.8 Å². The second-order valence-electron chi connectivity index (χ2n) is 6.49. The number of morpholine rings is 1. The molecule has 0 bridgehead atoms. The highest BCUT2D eigenvalue weighted by Crippen LogP contribution is 2.27. The summed E-state index contributed by atoms with van der Waals surface area (Å²) < 4.78 is 11.1. The minimum absolute atomic E-state index is 0.0310. The molecule has 1 aliphatic heterocycles. The molecule has 24 heavy (non-hydrogen) atoms. The molecule has 2 aromatic rings. The summed E-state index contributed by atoms with van der Waals surface area (Å²) in [5.41, 5.74) is 3.31. The molecule has 3 heterocycles. The van der Waals surface area contributed by atoms with Gasteiger partial charge >= 0.3 is 0 Å². The molecule has 0 radical (unpaired) electrons. The van der Waals surface area contributed by atoms with E-state index in [2.05, 4.69) is 10.1 Å². The smallest absolute Gasteiger partial charge is 0.259 e. The van der Waals surface area contributed by atoms with Crippen LogP contribution in [0.25, 0.3) is 0 Å². The zero-order chi connectivity index (χ0) is 17.3. The average molecular weight is 329 g/mol. The Hall–Kier alpha value is -2.21. The molecule has 6 heteroatoms. The molecule has 1 unspecified atom stereocenters. The van der Waals surface area contributed by atoms with Gasteiger partial charge in [0.2, 0.25) is 0 Å². The van der Waals surface area contributed by atoms with E-state index in [9.17, 15) is 4.79 Å². The molecule has 1 fully saturated rings. The zero-order valence-electron chi connectivity index (χ0n) is 14.6. The van der Waals surface area contributed by atoms with Gasteiger partial charge in [-0.25, -0.2) is 0 Å². The van der Waals surface area contributed by atoms with E-state index in [4.69, 9.17) is 9.26 Å². The van der Waals surface area contributed by atoms with Crippen LogP contribution in [-0.2, 0) is 4.74 Å². The van der Waals surface area contributed by atoms with E-state index < -0.39 is 0 Å². The average Bonchev–Trinajstić information content (AvgIpc) is 2.96. The molecule has 3 rings (SSSR count). The van der Waals surface area contributed by atoms with Crippen molar-refractivity contribution >= 4 is 5.91 Å². The number of ether oxygens (including phenoxy) is 1. The molecule has 1 aliphatic rings. The number of pyridine rings is 1. The number of amides is 1. The molecular weight excluding hydrogens is 306 g/mol. The number of rotatable bonds is 3. The maximum Gasteiger partial charge on any atom is 0.259 e. The molecule has 128 valence electrons. The predicted molar refractivity (Wildman–Crippen MR) is 88.9 cm³/mol. The quantitative estimate of drug-likeness (QED) is 0.866. The number of carbonyl (C=O) groups is 1. The first-order valence-electron chi connectivity index (χ1n) is 8.27. The Labute approximate surface area is 141 Å². The highest BCUT2D eigenvalue weighted by molar-refractivity contribution is 5.96. The third-order valence-electron chi connectivity index (χ3n) is 4.30. The second-order valence-corrected chi connectivity index (χ2v) is 6.49. The molecule has 0 spiro atoms. The van der Waals surface area contributed by atoms with Crippen LogP contribution >= 0.6 is 0 Å². The Kier molecular flexibility index (Phi) is 4.66. The summed E-state index contributed by atoms with van der Waals surface area (Å²) in [6.45, 7) is 9.36. The van der Waals surface area contributed by atoms with Gasteiger partial charge in [0, 0.05) is 18.4 Å². The van der Waals surface area contributed by atoms with Gasteiger partial charge in [0.05, 0.1) is 18.8 Å². The summed E-state index contributed by atoms with van der Waals surface area (Å²) in [4.78, 5) is 19.1. The van der Waals surface area contributed by atoms with Crippen LogP contribution in [-0.4, -0.2) is 40.6 Å². The second kappa shape index (κ2) is 6.73. The molecule has 0 aliphatic carbocycles. The van der Waals surface area contributed by atoms with Crippen molar-refractivity contribution in [2.75, 3.05) is 19.7 Å². The number of carbonyl (C=O) groups excluding carboxylic acids is 1. The van der Waals surface area contributed by atoms with Crippen LogP contribution in [0.4, 0.5) is 0 Å². The minimum Gasteiger partial charge on any atom is -0.370 e. The van der Waals surface area contributed by atoms with Crippen molar-refractivity contribution < 1.29 is 14.1 Å². The van der Waals surface area contributed by atoms with Crippen molar-refractivity contribution in [1.82, 2.24) is 15.0 Å². The fraction of sp³-hybridized carbons (Fsp3) is 0.500. The Morgan fingerprint density at radius 3 is 2.88 bits per heavy atom. The lowest BCUT2D eigenvalue weighted by Crippen LogP contribution is -2.42. The minimum atomic E-state index is -0.132. The van der Waals surface area contributed by atoms with Crippen LogP contribution < -0.4 is 0 Å². The maximum atomic E-state index is 13.0. The lowest BCUT2D eigenvalue weighted by atomic mass is 10.0. The fourth-order valence-electron chi connectivity index (χ4n) is 3.00. The van der Waals surface area contributed by atoms with Gasteiger partial charge in [-0.05, 0) is 37.5 Å². The molecule has 0 aromatic carbocycles. The van der Waals surface area contributed by atoms with Crippen LogP contribution in [0.15, 0.2) is 22.9 Å². The lowest BCUT2D eigenvalue weighted by molar-refractivity contribution is -0.0229. The van der Waals surface area contributed by atoms with E-state index in [0.717, 1.165) is 17.0 Å². The summed E-state index contributed by atoms with van der Waals surface area (Å²) in [6.07, 6.45) is 1.64. The highest BCUT2D eigenvalue weighted by Gasteiger charge is 2.31. The van der Waals surface area contributed by atoms with Crippen molar-refractivity contribution in [3.05, 3.63) is 46.6 Å². The van der Waals surface area contributed by atoms with E-state index in [-0.39, 0.29) is 17.9 Å². The molecule has 6 nitrogen and oxygen atoms in total. The van der Waals surface area contributed by atoms with Crippen LogP contribution in [0.5, 0.6) is 0 Å². The topological polar surface area (TPSA) is 68.5 Å². The van der Waals surface area contributed by atoms with Gasteiger partial charge in [-0.3, -0.25) is 9.78 Å². The first-order valence-corrected chi connectivity index (χ1v) is 8.27. The molecule has 2 aromatic heterocycles. The number of aromatic nitrogens is 2. The first kappa shape index (κ1) is 16.6. The van der Waals surface area contributed by atoms with Crippen molar-refractivity contribution in [1.29, 1.82) is 0 Å². The molecular formula is C18H23N3O3. The standard InChI is InChI=1S/C18H23N3O3/c1-11(2)17-16(13(4)24-20-17)18(22)21-7-8-23-15(10-21)14-5-6-19-12(3)9-14/h5-6,9,11,15H,7-8,10H2,1-4H3. The molecule has 1 atom stereocenters. The summed E-state index contributed by atoms with van der Waals surface area (Å²) in [7, 11) is 0. The van der Waals surface area contributed by atoms with Crippen LogP contribution in [0.1, 0.15) is 58.9 Å². The molecule has 1 saturated heterocycles. The SMILES string of the molecule is Cc1cc(C2CN(C(=O)c3c(C(C)C)noc3C)CCO2)ccn1. The summed E-state index contributed by atoms with van der Waals surface area (Å²) in [5, 5.41) is 4.06. The third kappa shape index (κ3) is 3.19. The van der Waals surface area contributed by atoms with Crippen LogP contribution in [0.2, 0.25) is 0 Å². The summed E-state index contributed by atoms with van der Waals surface area (Å²) in [6, 6.07) is 3.94.